The van der Waals surface area contributed by atoms with Gasteiger partial charge in [0.2, 0.25) is 0 Å². The van der Waals surface area contributed by atoms with Gasteiger partial charge in [-0.25, -0.2) is 0 Å². The minimum atomic E-state index is -1.04. The van der Waals surface area contributed by atoms with E-state index in [1.807, 2.05) is 13.0 Å². The number of carbonyl (C=O) groups is 1. The first-order valence-corrected chi connectivity index (χ1v) is 5.62. The van der Waals surface area contributed by atoms with Gasteiger partial charge >= 0.3 is 29.6 Å². The summed E-state index contributed by atoms with van der Waals surface area (Å²) in [7, 11) is 0. The van der Waals surface area contributed by atoms with Gasteiger partial charge in [0.15, 0.2) is 0 Å². The molecule has 6 heteroatoms. The van der Waals surface area contributed by atoms with Gasteiger partial charge in [0.1, 0.15) is 0 Å². The minimum Gasteiger partial charge on any atom is -0.550 e. The first-order chi connectivity index (χ1) is 7.66. The molecule has 0 aromatic heterocycles. The average Bonchev–Trinajstić information content (AvgIpc) is 2.24. The van der Waals surface area contributed by atoms with Crippen molar-refractivity contribution in [3.63, 3.8) is 0 Å². The molecular formula is C11H21N2NaO3. The van der Waals surface area contributed by atoms with Crippen molar-refractivity contribution in [1.82, 2.24) is 10.6 Å². The van der Waals surface area contributed by atoms with E-state index in [0.29, 0.717) is 26.2 Å². The van der Waals surface area contributed by atoms with E-state index >= 15 is 0 Å². The molecule has 0 aromatic rings. The molecule has 0 fully saturated rings. The van der Waals surface area contributed by atoms with Gasteiger partial charge < -0.3 is 25.6 Å². The zero-order valence-corrected chi connectivity index (χ0v) is 12.7. The van der Waals surface area contributed by atoms with Crippen molar-refractivity contribution >= 4 is 5.97 Å². The summed E-state index contributed by atoms with van der Waals surface area (Å²) in [6, 6.07) is 0. The van der Waals surface area contributed by atoms with E-state index in [-0.39, 0.29) is 36.0 Å². The predicted molar refractivity (Wildman–Crippen MR) is 60.8 cm³/mol. The molecular weight excluding hydrogens is 231 g/mol. The first-order valence-electron chi connectivity index (χ1n) is 5.62. The number of aliphatic carboxylic acids is 1. The maximum Gasteiger partial charge on any atom is 1.00 e. The Hall–Kier alpha value is 0.0900. The van der Waals surface area contributed by atoms with Crippen LogP contribution < -0.4 is 45.3 Å². The van der Waals surface area contributed by atoms with Crippen LogP contribution >= 0.6 is 0 Å². The third kappa shape index (κ3) is 16.1. The summed E-state index contributed by atoms with van der Waals surface area (Å²) in [4.78, 5) is 10.1. The number of rotatable bonds is 10. The summed E-state index contributed by atoms with van der Waals surface area (Å²) in [5.74, 6) is -1.04. The molecule has 0 aliphatic heterocycles. The molecule has 0 radical (unpaired) electrons. The molecule has 1 unspecified atom stereocenters. The van der Waals surface area contributed by atoms with Gasteiger partial charge in [0, 0.05) is 32.1 Å². The van der Waals surface area contributed by atoms with Crippen molar-refractivity contribution in [3.8, 4) is 0 Å². The van der Waals surface area contributed by atoms with E-state index in [1.165, 1.54) is 0 Å². The second-order valence-electron chi connectivity index (χ2n) is 3.48. The van der Waals surface area contributed by atoms with Gasteiger partial charge in [0.25, 0.3) is 0 Å². The zero-order valence-electron chi connectivity index (χ0n) is 10.7. The number of aliphatic hydroxyl groups is 1. The molecule has 5 nitrogen and oxygen atoms in total. The molecule has 0 aromatic carbocycles. The predicted octanol–water partition coefficient (Wildman–Crippen LogP) is -4.36. The number of allylic oxidation sites excluding steroid dienone is 1. The maximum absolute atomic E-state index is 10.1. The molecule has 0 amide bonds. The van der Waals surface area contributed by atoms with Crippen molar-refractivity contribution in [2.75, 3.05) is 26.2 Å². The number of nitrogens with one attached hydrogen (secondary N) is 2. The Balaban J connectivity index is 0. The van der Waals surface area contributed by atoms with Gasteiger partial charge in [-0.3, -0.25) is 0 Å². The van der Waals surface area contributed by atoms with Crippen LogP contribution in [0, 0.1) is 0 Å². The number of hydrogen-bond acceptors (Lipinski definition) is 5. The number of carboxylic acid groups (broad SMARTS) is 1. The van der Waals surface area contributed by atoms with Crippen LogP contribution in [-0.4, -0.2) is 43.4 Å². The van der Waals surface area contributed by atoms with Crippen LogP contribution in [0.2, 0.25) is 0 Å². The number of carboxylic acids is 1. The third-order valence-corrected chi connectivity index (χ3v) is 1.93. The summed E-state index contributed by atoms with van der Waals surface area (Å²) >= 11 is 0. The summed E-state index contributed by atoms with van der Waals surface area (Å²) in [6.07, 6.45) is 4.17. The van der Waals surface area contributed by atoms with Gasteiger partial charge in [0.05, 0.1) is 6.10 Å². The first kappa shape index (κ1) is 19.4. The topological polar surface area (TPSA) is 84.4 Å². The molecule has 1 atom stereocenters. The number of carbonyl (C=O) groups excluding carboxylic acids is 1. The Morgan fingerprint density at radius 1 is 1.35 bits per heavy atom. The number of aliphatic hydroxyl groups excluding tert-OH is 1. The quantitative estimate of drug-likeness (QED) is 0.208. The van der Waals surface area contributed by atoms with E-state index in [0.717, 1.165) is 6.42 Å². The molecule has 0 saturated heterocycles. The Bertz CT molecular complexity index is 213. The van der Waals surface area contributed by atoms with E-state index in [9.17, 15) is 15.0 Å². The van der Waals surface area contributed by atoms with Crippen LogP contribution in [0.5, 0.6) is 0 Å². The SMILES string of the molecule is CC/C=C/C(O)CNCCNCCC(=O)[O-].[Na+]. The van der Waals surface area contributed by atoms with Crippen molar-refractivity contribution in [1.29, 1.82) is 0 Å². The molecule has 0 spiro atoms. The average molecular weight is 252 g/mol. The summed E-state index contributed by atoms with van der Waals surface area (Å²) in [5, 5.41) is 25.5. The fraction of sp³-hybridized carbons (Fsp3) is 0.727. The second-order valence-corrected chi connectivity index (χ2v) is 3.48. The van der Waals surface area contributed by atoms with Gasteiger partial charge in [-0.2, -0.15) is 0 Å². The van der Waals surface area contributed by atoms with Crippen LogP contribution in [0.15, 0.2) is 12.2 Å². The fourth-order valence-electron chi connectivity index (χ4n) is 1.10. The van der Waals surface area contributed by atoms with E-state index < -0.39 is 12.1 Å². The zero-order chi connectivity index (χ0) is 12.2. The molecule has 0 aliphatic rings. The van der Waals surface area contributed by atoms with Crippen molar-refractivity contribution < 1.29 is 44.6 Å². The largest absolute Gasteiger partial charge is 1.00 e. The maximum atomic E-state index is 10.1. The minimum absolute atomic E-state index is 0. The monoisotopic (exact) mass is 252 g/mol. The van der Waals surface area contributed by atoms with Crippen molar-refractivity contribution in [2.45, 2.75) is 25.9 Å². The van der Waals surface area contributed by atoms with E-state index in [1.54, 1.807) is 6.08 Å². The van der Waals surface area contributed by atoms with Gasteiger partial charge in [-0.15, -0.1) is 0 Å². The summed E-state index contributed by atoms with van der Waals surface area (Å²) < 4.78 is 0. The molecule has 3 N–H and O–H groups in total. The summed E-state index contributed by atoms with van der Waals surface area (Å²) in [6.45, 7) is 4.32. The molecule has 0 heterocycles. The van der Waals surface area contributed by atoms with Crippen LogP contribution in [0.4, 0.5) is 0 Å². The Morgan fingerprint density at radius 3 is 2.59 bits per heavy atom. The molecule has 0 bridgehead atoms. The Labute approximate surface area is 125 Å². The van der Waals surface area contributed by atoms with E-state index in [4.69, 9.17) is 0 Å². The van der Waals surface area contributed by atoms with Crippen LogP contribution in [0.1, 0.15) is 19.8 Å². The standard InChI is InChI=1S/C11H22N2O3.Na/c1-2-3-4-10(14)9-13-8-7-12-6-5-11(15)16;/h3-4,10,12-14H,2,5-9H2,1H3,(H,15,16);/q;+1/p-1/b4-3+;. The number of hydrogen-bond donors (Lipinski definition) is 3. The van der Waals surface area contributed by atoms with Crippen molar-refractivity contribution in [3.05, 3.63) is 12.2 Å². The van der Waals surface area contributed by atoms with Gasteiger partial charge in [-0.05, 0) is 12.8 Å². The van der Waals surface area contributed by atoms with Crippen LogP contribution in [0.3, 0.4) is 0 Å². The molecule has 0 aliphatic carbocycles. The molecule has 0 saturated carbocycles. The van der Waals surface area contributed by atoms with Crippen LogP contribution in [-0.2, 0) is 4.79 Å². The third-order valence-electron chi connectivity index (χ3n) is 1.93. The molecule has 0 rings (SSSR count). The smallest absolute Gasteiger partial charge is 0.550 e. The fourth-order valence-corrected chi connectivity index (χ4v) is 1.10. The van der Waals surface area contributed by atoms with Crippen molar-refractivity contribution in [2.24, 2.45) is 0 Å². The van der Waals surface area contributed by atoms with Gasteiger partial charge in [-0.1, -0.05) is 19.1 Å². The Kier molecular flexibility index (Phi) is 16.2. The normalized spacial score (nSPS) is 12.4. The van der Waals surface area contributed by atoms with Crippen LogP contribution in [0.25, 0.3) is 0 Å². The second kappa shape index (κ2) is 14.2. The summed E-state index contributed by atoms with van der Waals surface area (Å²) in [5.41, 5.74) is 0. The van der Waals surface area contributed by atoms with E-state index in [2.05, 4.69) is 10.6 Å². The molecule has 17 heavy (non-hydrogen) atoms. The Morgan fingerprint density at radius 2 is 2.00 bits per heavy atom. The molecule has 94 valence electrons.